The number of carboxylic acid groups (broad SMARTS) is 1. The predicted octanol–water partition coefficient (Wildman–Crippen LogP) is 2.79. The van der Waals surface area contributed by atoms with Crippen molar-refractivity contribution in [3.05, 3.63) is 52.6 Å². The van der Waals surface area contributed by atoms with Crippen LogP contribution in [0.1, 0.15) is 39.1 Å². The van der Waals surface area contributed by atoms with E-state index in [0.717, 1.165) is 24.3 Å². The van der Waals surface area contributed by atoms with Crippen LogP contribution >= 0.6 is 0 Å². The van der Waals surface area contributed by atoms with Crippen LogP contribution in [-0.2, 0) is 6.42 Å². The van der Waals surface area contributed by atoms with Gasteiger partial charge in [-0.15, -0.1) is 0 Å². The highest BCUT2D eigenvalue weighted by Gasteiger charge is 2.40. The van der Waals surface area contributed by atoms with E-state index in [-0.39, 0.29) is 46.1 Å². The third-order valence-corrected chi connectivity index (χ3v) is 5.73. The fourth-order valence-electron chi connectivity index (χ4n) is 4.17. The average molecular weight is 472 g/mol. The molecule has 3 aromatic rings. The summed E-state index contributed by atoms with van der Waals surface area (Å²) in [5.74, 6) is -7.20. The summed E-state index contributed by atoms with van der Waals surface area (Å²) in [5, 5.41) is 81.0. The van der Waals surface area contributed by atoms with Gasteiger partial charge in [0.15, 0.2) is 28.7 Å². The van der Waals surface area contributed by atoms with Crippen molar-refractivity contribution in [2.75, 3.05) is 7.11 Å². The number of phenols is 7. The molecular weight excluding hydrogens is 452 g/mol. The first-order valence-corrected chi connectivity index (χ1v) is 9.85. The summed E-state index contributed by atoms with van der Waals surface area (Å²) in [5.41, 5.74) is -0.449. The van der Waals surface area contributed by atoms with Crippen LogP contribution in [0, 0.1) is 0 Å². The number of fused-ring (bicyclic) bond motifs is 1. The molecule has 1 heterocycles. The standard InChI is InChI=1S/C23H20O11/c1-33-17-7-12(23(31)32)18(21(30)20(17)29)11-6-10-13(25)4-9(24)5-16(10)34-22(11)8-2-14(26)19(28)15(27)3-8/h2-5,7,11,22,24-30H,6H2,1H3,(H,31,32)/t11?,22-/m0/s1. The number of phenolic OH excluding ortho intramolecular Hbond substituents is 7. The lowest BCUT2D eigenvalue weighted by atomic mass is 9.79. The van der Waals surface area contributed by atoms with Crippen molar-refractivity contribution in [1.29, 1.82) is 0 Å². The molecule has 1 aliphatic rings. The second-order valence-corrected chi connectivity index (χ2v) is 7.74. The molecule has 0 fully saturated rings. The maximum atomic E-state index is 12.1. The van der Waals surface area contributed by atoms with Gasteiger partial charge in [0, 0.05) is 34.7 Å². The average Bonchev–Trinajstić information content (AvgIpc) is 2.78. The molecule has 3 aromatic carbocycles. The van der Waals surface area contributed by atoms with Crippen molar-refractivity contribution in [2.45, 2.75) is 18.4 Å². The Morgan fingerprint density at radius 1 is 0.882 bits per heavy atom. The molecule has 8 N–H and O–H groups in total. The van der Waals surface area contributed by atoms with Gasteiger partial charge in [-0.3, -0.25) is 0 Å². The Hall–Kier alpha value is -4.67. The van der Waals surface area contributed by atoms with E-state index < -0.39 is 52.3 Å². The minimum absolute atomic E-state index is 0.0277. The summed E-state index contributed by atoms with van der Waals surface area (Å²) in [6, 6.07) is 5.42. The molecule has 11 nitrogen and oxygen atoms in total. The van der Waals surface area contributed by atoms with Gasteiger partial charge in [0.25, 0.3) is 0 Å². The van der Waals surface area contributed by atoms with E-state index >= 15 is 0 Å². The number of benzene rings is 3. The summed E-state index contributed by atoms with van der Waals surface area (Å²) in [6.07, 6.45) is -1.36. The Balaban J connectivity index is 2.00. The zero-order valence-electron chi connectivity index (χ0n) is 17.6. The van der Waals surface area contributed by atoms with E-state index in [1.165, 1.54) is 13.2 Å². The highest BCUT2D eigenvalue weighted by Crippen LogP contribution is 2.54. The molecule has 4 rings (SSSR count). The van der Waals surface area contributed by atoms with Crippen molar-refractivity contribution in [3.63, 3.8) is 0 Å². The maximum absolute atomic E-state index is 12.1. The van der Waals surface area contributed by atoms with Crippen LogP contribution < -0.4 is 9.47 Å². The van der Waals surface area contributed by atoms with E-state index in [2.05, 4.69) is 0 Å². The minimum atomic E-state index is -1.46. The second kappa shape index (κ2) is 8.03. The number of hydrogen-bond acceptors (Lipinski definition) is 10. The molecule has 0 saturated carbocycles. The number of carbonyl (C=O) groups is 1. The van der Waals surface area contributed by atoms with Gasteiger partial charge in [-0.25, -0.2) is 4.79 Å². The van der Waals surface area contributed by atoms with Crippen LogP contribution in [-0.4, -0.2) is 53.9 Å². The molecule has 0 spiro atoms. The van der Waals surface area contributed by atoms with Crippen LogP contribution in [0.3, 0.4) is 0 Å². The summed E-state index contributed by atoms with van der Waals surface area (Å²) in [6.45, 7) is 0. The molecule has 1 aliphatic heterocycles. The molecule has 178 valence electrons. The molecule has 34 heavy (non-hydrogen) atoms. The molecule has 0 aliphatic carbocycles. The highest BCUT2D eigenvalue weighted by molar-refractivity contribution is 5.92. The molecule has 11 heteroatoms. The lowest BCUT2D eigenvalue weighted by Gasteiger charge is -2.35. The van der Waals surface area contributed by atoms with Gasteiger partial charge >= 0.3 is 5.97 Å². The monoisotopic (exact) mass is 472 g/mol. The van der Waals surface area contributed by atoms with Crippen LogP contribution in [0.25, 0.3) is 0 Å². The lowest BCUT2D eigenvalue weighted by Crippen LogP contribution is -2.26. The number of aromatic carboxylic acids is 1. The van der Waals surface area contributed by atoms with Gasteiger partial charge < -0.3 is 50.3 Å². The van der Waals surface area contributed by atoms with E-state index in [0.29, 0.717) is 0 Å². The first kappa shape index (κ1) is 22.5. The molecule has 0 saturated heterocycles. The largest absolute Gasteiger partial charge is 0.508 e. The topological polar surface area (TPSA) is 197 Å². The quantitative estimate of drug-likeness (QED) is 0.260. The number of carboxylic acids is 1. The molecule has 1 unspecified atom stereocenters. The molecule has 0 aromatic heterocycles. The number of aromatic hydroxyl groups is 7. The number of hydrogen-bond donors (Lipinski definition) is 8. The van der Waals surface area contributed by atoms with E-state index in [1.54, 1.807) is 0 Å². The Labute approximate surface area is 191 Å². The smallest absolute Gasteiger partial charge is 0.336 e. The van der Waals surface area contributed by atoms with Crippen molar-refractivity contribution < 1.29 is 55.1 Å². The zero-order chi connectivity index (χ0) is 24.9. The van der Waals surface area contributed by atoms with Crippen molar-refractivity contribution in [2.24, 2.45) is 0 Å². The van der Waals surface area contributed by atoms with Crippen molar-refractivity contribution >= 4 is 5.97 Å². The Morgan fingerprint density at radius 2 is 1.53 bits per heavy atom. The zero-order valence-corrected chi connectivity index (χ0v) is 17.6. The molecule has 0 radical (unpaired) electrons. The molecule has 2 atom stereocenters. The number of rotatable bonds is 4. The Morgan fingerprint density at radius 3 is 2.12 bits per heavy atom. The van der Waals surface area contributed by atoms with Gasteiger partial charge in [0.1, 0.15) is 23.4 Å². The Kier molecular flexibility index (Phi) is 5.32. The number of ether oxygens (including phenoxy) is 2. The maximum Gasteiger partial charge on any atom is 0.336 e. The highest BCUT2D eigenvalue weighted by atomic mass is 16.5. The van der Waals surface area contributed by atoms with Gasteiger partial charge in [0.2, 0.25) is 5.75 Å². The van der Waals surface area contributed by atoms with Gasteiger partial charge in [-0.1, -0.05) is 0 Å². The van der Waals surface area contributed by atoms with Crippen molar-refractivity contribution in [1.82, 2.24) is 0 Å². The van der Waals surface area contributed by atoms with Crippen LogP contribution in [0.5, 0.6) is 51.7 Å². The molecule has 0 bridgehead atoms. The first-order valence-electron chi connectivity index (χ1n) is 9.85. The van der Waals surface area contributed by atoms with Gasteiger partial charge in [-0.05, 0) is 24.6 Å². The van der Waals surface area contributed by atoms with Gasteiger partial charge in [-0.2, -0.15) is 0 Å². The van der Waals surface area contributed by atoms with Gasteiger partial charge in [0.05, 0.1) is 12.7 Å². The lowest BCUT2D eigenvalue weighted by molar-refractivity contribution is 0.0691. The summed E-state index contributed by atoms with van der Waals surface area (Å²) in [4.78, 5) is 12.1. The van der Waals surface area contributed by atoms with E-state index in [1.807, 2.05) is 0 Å². The van der Waals surface area contributed by atoms with E-state index in [9.17, 15) is 45.6 Å². The third kappa shape index (κ3) is 3.52. The molecule has 0 amide bonds. The van der Waals surface area contributed by atoms with Crippen LogP contribution in [0.2, 0.25) is 0 Å². The minimum Gasteiger partial charge on any atom is -0.508 e. The second-order valence-electron chi connectivity index (χ2n) is 7.74. The number of methoxy groups -OCH3 is 1. The predicted molar refractivity (Wildman–Crippen MR) is 114 cm³/mol. The van der Waals surface area contributed by atoms with Crippen molar-refractivity contribution in [3.8, 4) is 51.7 Å². The summed E-state index contributed by atoms with van der Waals surface area (Å²) < 4.78 is 10.9. The molecular formula is C23H20O11. The van der Waals surface area contributed by atoms with E-state index in [4.69, 9.17) is 9.47 Å². The Bertz CT molecular complexity index is 1290. The SMILES string of the molecule is COc1cc(C(=O)O)c(C2Cc3c(O)cc(O)cc3O[C@H]2c2cc(O)c(O)c(O)c2)c(O)c1O. The third-order valence-electron chi connectivity index (χ3n) is 5.73. The fraction of sp³-hybridized carbons (Fsp3) is 0.174. The van der Waals surface area contributed by atoms with Crippen LogP contribution in [0.4, 0.5) is 0 Å². The summed E-state index contributed by atoms with van der Waals surface area (Å²) in [7, 11) is 1.18. The van der Waals surface area contributed by atoms with Crippen LogP contribution in [0.15, 0.2) is 30.3 Å². The first-order chi connectivity index (χ1) is 16.0. The fourth-order valence-corrected chi connectivity index (χ4v) is 4.17. The normalized spacial score (nSPS) is 17.0. The summed E-state index contributed by atoms with van der Waals surface area (Å²) >= 11 is 0.